The van der Waals surface area contributed by atoms with Gasteiger partial charge in [-0.3, -0.25) is 9.59 Å². The molecule has 0 fully saturated rings. The van der Waals surface area contributed by atoms with Gasteiger partial charge in [0, 0.05) is 6.54 Å². The van der Waals surface area contributed by atoms with Crippen LogP contribution in [0.5, 0.6) is 5.75 Å². The first-order chi connectivity index (χ1) is 11.4. The lowest BCUT2D eigenvalue weighted by atomic mass is 10.0. The molecule has 24 heavy (non-hydrogen) atoms. The maximum Gasteiger partial charge on any atom is 0.309 e. The Balaban J connectivity index is 1.83. The van der Waals surface area contributed by atoms with Crippen molar-refractivity contribution in [1.82, 2.24) is 10.6 Å². The Bertz CT molecular complexity index is 695. The molecule has 2 aromatic rings. The van der Waals surface area contributed by atoms with Gasteiger partial charge in [-0.15, -0.1) is 0 Å². The van der Waals surface area contributed by atoms with Gasteiger partial charge < -0.3 is 24.9 Å². The summed E-state index contributed by atoms with van der Waals surface area (Å²) in [4.78, 5) is 23.6. The van der Waals surface area contributed by atoms with E-state index >= 15 is 0 Å². The lowest BCUT2D eigenvalue weighted by Gasteiger charge is -2.20. The Morgan fingerprint density at radius 2 is 1.96 bits per heavy atom. The van der Waals surface area contributed by atoms with Crippen molar-refractivity contribution < 1.29 is 23.8 Å². The van der Waals surface area contributed by atoms with Crippen molar-refractivity contribution in [2.75, 3.05) is 13.7 Å². The molecular weight excluding hydrogens is 312 g/mol. The zero-order valence-electron chi connectivity index (χ0n) is 13.5. The first-order valence-corrected chi connectivity index (χ1v) is 7.37. The molecule has 2 amide bonds. The lowest BCUT2D eigenvalue weighted by Crippen LogP contribution is -2.45. The van der Waals surface area contributed by atoms with Gasteiger partial charge in [-0.1, -0.05) is 12.1 Å². The molecule has 0 radical (unpaired) electrons. The van der Waals surface area contributed by atoms with Crippen LogP contribution in [0.25, 0.3) is 0 Å². The van der Waals surface area contributed by atoms with Crippen LogP contribution in [0.1, 0.15) is 18.2 Å². The largest absolute Gasteiger partial charge is 0.497 e. The predicted molar refractivity (Wildman–Crippen MR) is 86.1 cm³/mol. The van der Waals surface area contributed by atoms with Crippen molar-refractivity contribution in [3.05, 3.63) is 54.0 Å². The van der Waals surface area contributed by atoms with Crippen molar-refractivity contribution in [3.63, 3.8) is 0 Å². The maximum absolute atomic E-state index is 11.8. The molecular formula is C17H20N2O5. The van der Waals surface area contributed by atoms with Crippen LogP contribution in [0.4, 0.5) is 0 Å². The normalized spacial score (nSPS) is 13.0. The molecule has 128 valence electrons. The van der Waals surface area contributed by atoms with E-state index in [1.54, 1.807) is 37.4 Å². The van der Waals surface area contributed by atoms with E-state index in [1.807, 2.05) is 6.07 Å². The molecule has 1 atom stereocenters. The molecule has 1 aromatic heterocycles. The summed E-state index contributed by atoms with van der Waals surface area (Å²) in [5.74, 6) is -0.641. The minimum absolute atomic E-state index is 0.147. The minimum Gasteiger partial charge on any atom is -0.497 e. The van der Waals surface area contributed by atoms with E-state index in [4.69, 9.17) is 9.15 Å². The Morgan fingerprint density at radius 1 is 1.21 bits per heavy atom. The van der Waals surface area contributed by atoms with Gasteiger partial charge in [-0.2, -0.15) is 0 Å². The van der Waals surface area contributed by atoms with Crippen LogP contribution in [0.3, 0.4) is 0 Å². The van der Waals surface area contributed by atoms with E-state index in [1.165, 1.54) is 13.2 Å². The van der Waals surface area contributed by atoms with Crippen molar-refractivity contribution in [1.29, 1.82) is 0 Å². The number of amides is 2. The fraction of sp³-hybridized carbons (Fsp3) is 0.294. The Kier molecular flexibility index (Phi) is 5.59. The number of furan rings is 1. The molecule has 7 nitrogen and oxygen atoms in total. The highest BCUT2D eigenvalue weighted by Crippen LogP contribution is 2.19. The summed E-state index contributed by atoms with van der Waals surface area (Å²) in [6.07, 6.45) is 1.42. The predicted octanol–water partition coefficient (Wildman–Crippen LogP) is 0.928. The second-order valence-corrected chi connectivity index (χ2v) is 5.47. The van der Waals surface area contributed by atoms with Crippen LogP contribution in [-0.4, -0.2) is 30.6 Å². The van der Waals surface area contributed by atoms with Gasteiger partial charge in [-0.05, 0) is 36.8 Å². The third-order valence-corrected chi connectivity index (χ3v) is 3.44. The average Bonchev–Trinajstić information content (AvgIpc) is 3.13. The molecule has 0 aliphatic heterocycles. The lowest BCUT2D eigenvalue weighted by molar-refractivity contribution is -0.140. The van der Waals surface area contributed by atoms with Gasteiger partial charge in [0.05, 0.1) is 19.9 Å². The first-order valence-electron chi connectivity index (χ1n) is 7.37. The van der Waals surface area contributed by atoms with Gasteiger partial charge in [0.2, 0.25) is 0 Å². The van der Waals surface area contributed by atoms with Crippen LogP contribution in [-0.2, 0) is 21.7 Å². The molecule has 0 bridgehead atoms. The highest BCUT2D eigenvalue weighted by atomic mass is 16.5. The number of ether oxygens (including phenoxy) is 1. The van der Waals surface area contributed by atoms with Gasteiger partial charge in [0.15, 0.2) is 0 Å². The number of aliphatic hydroxyl groups is 1. The zero-order chi connectivity index (χ0) is 17.6. The molecule has 1 unspecified atom stereocenters. The second kappa shape index (κ2) is 7.65. The van der Waals surface area contributed by atoms with Gasteiger partial charge >= 0.3 is 11.8 Å². The fourth-order valence-corrected chi connectivity index (χ4v) is 2.05. The van der Waals surface area contributed by atoms with Crippen molar-refractivity contribution >= 4 is 11.8 Å². The third kappa shape index (κ3) is 4.60. The smallest absolute Gasteiger partial charge is 0.309 e. The Labute approximate surface area is 139 Å². The number of hydrogen-bond acceptors (Lipinski definition) is 5. The maximum atomic E-state index is 11.8. The summed E-state index contributed by atoms with van der Waals surface area (Å²) >= 11 is 0. The standard InChI is InChI=1S/C17H20N2O5/c1-17(22,14-7-4-8-24-14)11-19-16(21)15(20)18-10-12-5-3-6-13(9-12)23-2/h3-9,22H,10-11H2,1-2H3,(H,18,20)(H,19,21). The van der Waals surface area contributed by atoms with E-state index in [9.17, 15) is 14.7 Å². The molecule has 0 saturated heterocycles. The second-order valence-electron chi connectivity index (χ2n) is 5.47. The molecule has 7 heteroatoms. The quantitative estimate of drug-likeness (QED) is 0.683. The van der Waals surface area contributed by atoms with Gasteiger partial charge in [-0.25, -0.2) is 0 Å². The monoisotopic (exact) mass is 332 g/mol. The number of hydrogen-bond donors (Lipinski definition) is 3. The van der Waals surface area contributed by atoms with Crippen molar-refractivity contribution in [3.8, 4) is 5.75 Å². The number of nitrogens with one attached hydrogen (secondary N) is 2. The van der Waals surface area contributed by atoms with Crippen LogP contribution in [0.15, 0.2) is 47.1 Å². The number of rotatable bonds is 6. The summed E-state index contributed by atoms with van der Waals surface area (Å²) < 4.78 is 10.2. The highest BCUT2D eigenvalue weighted by molar-refractivity contribution is 6.35. The average molecular weight is 332 g/mol. The molecule has 1 heterocycles. The van der Waals surface area contributed by atoms with E-state index in [2.05, 4.69) is 10.6 Å². The van der Waals surface area contributed by atoms with E-state index in [-0.39, 0.29) is 13.1 Å². The third-order valence-electron chi connectivity index (χ3n) is 3.44. The summed E-state index contributed by atoms with van der Waals surface area (Å²) in [7, 11) is 1.55. The number of carbonyl (C=O) groups is 2. The topological polar surface area (TPSA) is 101 Å². The van der Waals surface area contributed by atoms with E-state index in [0.29, 0.717) is 11.5 Å². The molecule has 3 N–H and O–H groups in total. The number of carbonyl (C=O) groups excluding carboxylic acids is 2. The van der Waals surface area contributed by atoms with Crippen LogP contribution in [0, 0.1) is 0 Å². The van der Waals surface area contributed by atoms with Gasteiger partial charge in [0.1, 0.15) is 17.1 Å². The van der Waals surface area contributed by atoms with Crippen LogP contribution < -0.4 is 15.4 Å². The zero-order valence-corrected chi connectivity index (χ0v) is 13.5. The summed E-state index contributed by atoms with van der Waals surface area (Å²) in [5, 5.41) is 15.1. The van der Waals surface area contributed by atoms with E-state index in [0.717, 1.165) is 5.56 Å². The van der Waals surface area contributed by atoms with Crippen molar-refractivity contribution in [2.24, 2.45) is 0 Å². The first kappa shape index (κ1) is 17.6. The molecule has 0 saturated carbocycles. The minimum atomic E-state index is -1.40. The summed E-state index contributed by atoms with van der Waals surface area (Å²) in [5.41, 5.74) is -0.593. The number of methoxy groups -OCH3 is 1. The Hall–Kier alpha value is -2.80. The summed E-state index contributed by atoms with van der Waals surface area (Å²) in [6, 6.07) is 10.4. The molecule has 2 rings (SSSR count). The Morgan fingerprint density at radius 3 is 2.62 bits per heavy atom. The SMILES string of the molecule is COc1cccc(CNC(=O)C(=O)NCC(C)(O)c2ccco2)c1. The fourth-order valence-electron chi connectivity index (χ4n) is 2.05. The van der Waals surface area contributed by atoms with Crippen molar-refractivity contribution in [2.45, 2.75) is 19.1 Å². The van der Waals surface area contributed by atoms with Gasteiger partial charge in [0.25, 0.3) is 0 Å². The molecule has 0 aliphatic rings. The molecule has 0 spiro atoms. The highest BCUT2D eigenvalue weighted by Gasteiger charge is 2.27. The van der Waals surface area contributed by atoms with Crippen LogP contribution in [0.2, 0.25) is 0 Å². The summed E-state index contributed by atoms with van der Waals surface area (Å²) in [6.45, 7) is 1.53. The van der Waals surface area contributed by atoms with Crippen LogP contribution >= 0.6 is 0 Å². The number of benzene rings is 1. The molecule has 1 aromatic carbocycles. The van der Waals surface area contributed by atoms with E-state index < -0.39 is 17.4 Å². The molecule has 0 aliphatic carbocycles.